The average molecular weight is 404 g/mol. The van der Waals surface area contributed by atoms with Crippen LogP contribution in [0.25, 0.3) is 10.6 Å². The molecule has 1 amide bonds. The van der Waals surface area contributed by atoms with Gasteiger partial charge in [0.1, 0.15) is 10.8 Å². The van der Waals surface area contributed by atoms with Crippen LogP contribution in [0.3, 0.4) is 0 Å². The lowest BCUT2D eigenvalue weighted by atomic mass is 10.2. The molecule has 2 heterocycles. The van der Waals surface area contributed by atoms with E-state index in [2.05, 4.69) is 29.0 Å². The number of hydrogen-bond donors (Lipinski definition) is 1. The minimum Gasteiger partial charge on any atom is -0.497 e. The van der Waals surface area contributed by atoms with Crippen molar-refractivity contribution in [3.63, 3.8) is 0 Å². The second-order valence-corrected chi connectivity index (χ2v) is 8.36. The van der Waals surface area contributed by atoms with Crippen LogP contribution in [-0.4, -0.2) is 61.8 Å². The highest BCUT2D eigenvalue weighted by Gasteiger charge is 2.21. The third-order valence-corrected chi connectivity index (χ3v) is 5.54. The zero-order chi connectivity index (χ0) is 19.9. The summed E-state index contributed by atoms with van der Waals surface area (Å²) in [5.41, 5.74) is 1.82. The Balaban J connectivity index is 1.46. The van der Waals surface area contributed by atoms with Crippen molar-refractivity contribution in [1.29, 1.82) is 0 Å². The molecule has 0 aliphatic carbocycles. The summed E-state index contributed by atoms with van der Waals surface area (Å²) in [5, 5.41) is 5.85. The van der Waals surface area contributed by atoms with Crippen LogP contribution < -0.4 is 10.1 Å². The summed E-state index contributed by atoms with van der Waals surface area (Å²) in [6, 6.07) is 7.78. The molecule has 7 heteroatoms. The fourth-order valence-electron chi connectivity index (χ4n) is 3.30. The highest BCUT2D eigenvalue weighted by Crippen LogP contribution is 2.25. The van der Waals surface area contributed by atoms with Crippen molar-refractivity contribution in [3.8, 4) is 16.3 Å². The molecule has 6 nitrogen and oxygen atoms in total. The first-order chi connectivity index (χ1) is 13.5. The van der Waals surface area contributed by atoms with Gasteiger partial charge in [-0.2, -0.15) is 0 Å². The van der Waals surface area contributed by atoms with Crippen molar-refractivity contribution in [1.82, 2.24) is 15.2 Å². The smallest absolute Gasteiger partial charge is 0.226 e. The molecule has 1 fully saturated rings. The lowest BCUT2D eigenvalue weighted by molar-refractivity contribution is -0.121. The summed E-state index contributed by atoms with van der Waals surface area (Å²) in [6.07, 6.45) is 0.344. The van der Waals surface area contributed by atoms with E-state index in [1.54, 1.807) is 18.4 Å². The maximum atomic E-state index is 12.3. The number of rotatable bonds is 8. The van der Waals surface area contributed by atoms with Crippen molar-refractivity contribution < 1.29 is 14.3 Å². The standard InChI is InChI=1S/C21H29N3O3S/c1-15(2)12-24-8-9-27-19(13-24)11-22-20(25)10-17-14-28-21(23-17)16-4-6-18(26-3)7-5-16/h4-7,14-15,19H,8-13H2,1-3H3,(H,22,25)/t19-/m1/s1. The second kappa shape index (κ2) is 10.0. The van der Waals surface area contributed by atoms with Gasteiger partial charge < -0.3 is 14.8 Å². The minimum atomic E-state index is -0.0174. The van der Waals surface area contributed by atoms with E-state index in [-0.39, 0.29) is 18.4 Å². The number of amides is 1. The molecule has 1 aliphatic rings. The Kier molecular flexibility index (Phi) is 7.42. The molecule has 1 saturated heterocycles. The molecule has 1 aliphatic heterocycles. The summed E-state index contributed by atoms with van der Waals surface area (Å²) < 4.78 is 11.0. The Morgan fingerprint density at radius 2 is 2.18 bits per heavy atom. The van der Waals surface area contributed by atoms with E-state index in [4.69, 9.17) is 9.47 Å². The highest BCUT2D eigenvalue weighted by atomic mass is 32.1. The highest BCUT2D eigenvalue weighted by molar-refractivity contribution is 7.13. The lowest BCUT2D eigenvalue weighted by Gasteiger charge is -2.33. The van der Waals surface area contributed by atoms with Crippen LogP contribution in [0, 0.1) is 5.92 Å². The molecular weight excluding hydrogens is 374 g/mol. The van der Waals surface area contributed by atoms with Gasteiger partial charge in [0, 0.05) is 37.1 Å². The molecule has 0 radical (unpaired) electrons. The number of nitrogens with one attached hydrogen (secondary N) is 1. The molecule has 2 aromatic rings. The Bertz CT molecular complexity index is 761. The molecule has 28 heavy (non-hydrogen) atoms. The van der Waals surface area contributed by atoms with E-state index < -0.39 is 0 Å². The maximum absolute atomic E-state index is 12.3. The van der Waals surface area contributed by atoms with Crippen LogP contribution >= 0.6 is 11.3 Å². The third kappa shape index (κ3) is 6.02. The monoisotopic (exact) mass is 403 g/mol. The van der Waals surface area contributed by atoms with E-state index in [0.717, 1.165) is 48.3 Å². The van der Waals surface area contributed by atoms with Crippen molar-refractivity contribution in [2.45, 2.75) is 26.4 Å². The van der Waals surface area contributed by atoms with Crippen LogP contribution in [0.15, 0.2) is 29.6 Å². The SMILES string of the molecule is COc1ccc(-c2nc(CC(=O)NC[C@@H]3CN(CC(C)C)CCO3)cs2)cc1. The van der Waals surface area contributed by atoms with Crippen LogP contribution in [0.4, 0.5) is 0 Å². The Labute approximate surface area is 170 Å². The van der Waals surface area contributed by atoms with E-state index >= 15 is 0 Å². The molecule has 1 aromatic heterocycles. The number of benzene rings is 1. The van der Waals surface area contributed by atoms with Crippen LogP contribution in [0.2, 0.25) is 0 Å². The molecule has 0 unspecified atom stereocenters. The molecule has 0 spiro atoms. The summed E-state index contributed by atoms with van der Waals surface area (Å²) in [6.45, 7) is 8.63. The normalized spacial score (nSPS) is 17.6. The number of methoxy groups -OCH3 is 1. The fraction of sp³-hybridized carbons (Fsp3) is 0.524. The topological polar surface area (TPSA) is 63.7 Å². The molecule has 152 valence electrons. The predicted molar refractivity (Wildman–Crippen MR) is 112 cm³/mol. The Morgan fingerprint density at radius 3 is 2.89 bits per heavy atom. The van der Waals surface area contributed by atoms with Crippen molar-refractivity contribution in [2.75, 3.05) is 39.9 Å². The van der Waals surface area contributed by atoms with Gasteiger partial charge in [-0.05, 0) is 30.2 Å². The number of ether oxygens (including phenoxy) is 2. The maximum Gasteiger partial charge on any atom is 0.226 e. The minimum absolute atomic E-state index is 0.0174. The van der Waals surface area contributed by atoms with E-state index in [1.165, 1.54) is 0 Å². The predicted octanol–water partition coefficient (Wildman–Crippen LogP) is 2.83. The fourth-order valence-corrected chi connectivity index (χ4v) is 4.12. The van der Waals surface area contributed by atoms with Crippen LogP contribution in [0.5, 0.6) is 5.75 Å². The van der Waals surface area contributed by atoms with Crippen molar-refractivity contribution >= 4 is 17.2 Å². The number of nitrogens with zero attached hydrogens (tertiary/aromatic N) is 2. The van der Waals surface area contributed by atoms with Gasteiger partial charge in [0.2, 0.25) is 5.91 Å². The zero-order valence-electron chi connectivity index (χ0n) is 16.8. The number of morpholine rings is 1. The molecule has 1 atom stereocenters. The van der Waals surface area contributed by atoms with Crippen molar-refractivity contribution in [2.24, 2.45) is 5.92 Å². The van der Waals surface area contributed by atoms with Crippen LogP contribution in [-0.2, 0) is 16.0 Å². The summed E-state index contributed by atoms with van der Waals surface area (Å²) in [4.78, 5) is 19.3. The average Bonchev–Trinajstić information content (AvgIpc) is 3.14. The zero-order valence-corrected chi connectivity index (χ0v) is 17.6. The first-order valence-corrected chi connectivity index (χ1v) is 10.6. The molecule has 1 aromatic carbocycles. The summed E-state index contributed by atoms with van der Waals surface area (Å²) in [7, 11) is 1.65. The van der Waals surface area contributed by atoms with Gasteiger partial charge in [-0.1, -0.05) is 13.8 Å². The quantitative estimate of drug-likeness (QED) is 0.734. The first kappa shape index (κ1) is 20.8. The molecule has 1 N–H and O–H groups in total. The van der Waals surface area contributed by atoms with Gasteiger partial charge in [-0.3, -0.25) is 9.69 Å². The lowest BCUT2D eigenvalue weighted by Crippen LogP contribution is -2.48. The summed E-state index contributed by atoms with van der Waals surface area (Å²) in [5.74, 6) is 1.44. The van der Waals surface area contributed by atoms with Crippen LogP contribution in [0.1, 0.15) is 19.5 Å². The number of aromatic nitrogens is 1. The molecular formula is C21H29N3O3S. The largest absolute Gasteiger partial charge is 0.497 e. The number of carbonyl (C=O) groups is 1. The molecule has 0 saturated carbocycles. The molecule has 0 bridgehead atoms. The van der Waals surface area contributed by atoms with E-state index in [0.29, 0.717) is 12.5 Å². The number of hydrogen-bond acceptors (Lipinski definition) is 6. The first-order valence-electron chi connectivity index (χ1n) is 9.73. The number of carbonyl (C=O) groups excluding carboxylic acids is 1. The Morgan fingerprint density at radius 1 is 1.39 bits per heavy atom. The van der Waals surface area contributed by atoms with Gasteiger partial charge in [-0.25, -0.2) is 4.98 Å². The van der Waals surface area contributed by atoms with Gasteiger partial charge in [-0.15, -0.1) is 11.3 Å². The Hall–Kier alpha value is -1.96. The summed E-state index contributed by atoms with van der Waals surface area (Å²) >= 11 is 1.55. The van der Waals surface area contributed by atoms with Crippen molar-refractivity contribution in [3.05, 3.63) is 35.3 Å². The second-order valence-electron chi connectivity index (χ2n) is 7.50. The van der Waals surface area contributed by atoms with Gasteiger partial charge in [0.25, 0.3) is 0 Å². The molecule has 3 rings (SSSR count). The van der Waals surface area contributed by atoms with E-state index in [1.807, 2.05) is 29.6 Å². The third-order valence-electron chi connectivity index (χ3n) is 4.60. The number of thiazole rings is 1. The van der Waals surface area contributed by atoms with Gasteiger partial charge >= 0.3 is 0 Å². The van der Waals surface area contributed by atoms with Gasteiger partial charge in [0.05, 0.1) is 31.9 Å². The van der Waals surface area contributed by atoms with Gasteiger partial charge in [0.15, 0.2) is 0 Å². The van der Waals surface area contributed by atoms with E-state index in [9.17, 15) is 4.79 Å².